The van der Waals surface area contributed by atoms with Crippen molar-refractivity contribution >= 4 is 25.0 Å². The van der Waals surface area contributed by atoms with Crippen LogP contribution >= 0.6 is 7.82 Å². The molecule has 3 aromatic carbocycles. The van der Waals surface area contributed by atoms with Gasteiger partial charge in [-0.3, -0.25) is 13.8 Å². The molecule has 2 fully saturated rings. The quantitative estimate of drug-likeness (QED) is 0.0258. The molecule has 8 nitrogen and oxygen atoms in total. The molecule has 366 valence electrons. The molecule has 15 heteroatoms. The lowest BCUT2D eigenvalue weighted by atomic mass is 9.52. The number of benzene rings is 3. The molecule has 0 heterocycles. The van der Waals surface area contributed by atoms with Crippen molar-refractivity contribution < 1.29 is 54.2 Å². The number of carbonyl (C=O) groups is 1. The van der Waals surface area contributed by atoms with Crippen LogP contribution in [0.5, 0.6) is 5.75 Å². The van der Waals surface area contributed by atoms with Crippen LogP contribution in [0.4, 0.5) is 22.0 Å². The minimum atomic E-state index is -5.58. The molecule has 0 aromatic heterocycles. The molecule has 0 spiro atoms. The van der Waals surface area contributed by atoms with Gasteiger partial charge < -0.3 is 18.7 Å². The molecule has 0 aliphatic heterocycles. The van der Waals surface area contributed by atoms with Crippen molar-refractivity contribution in [2.24, 2.45) is 23.2 Å². The van der Waals surface area contributed by atoms with Crippen LogP contribution in [0.25, 0.3) is 0 Å². The van der Waals surface area contributed by atoms with Gasteiger partial charge in [-0.25, -0.2) is 4.57 Å². The molecule has 3 aliphatic rings. The van der Waals surface area contributed by atoms with Crippen LogP contribution in [0.15, 0.2) is 78.9 Å². The van der Waals surface area contributed by atoms with E-state index < -0.39 is 43.9 Å². The summed E-state index contributed by atoms with van der Waals surface area (Å²) >= 11 is -1.41. The highest BCUT2D eigenvalue weighted by atomic mass is 32.2. The van der Waals surface area contributed by atoms with E-state index in [0.717, 1.165) is 88.2 Å². The van der Waals surface area contributed by atoms with Gasteiger partial charge in [-0.15, -0.1) is 0 Å². The van der Waals surface area contributed by atoms with Crippen LogP contribution < -0.4 is 4.52 Å². The van der Waals surface area contributed by atoms with Gasteiger partial charge in [0.15, 0.2) is 0 Å². The fraction of sp³-hybridized carbons (Fsp3) is 0.627. The van der Waals surface area contributed by atoms with Crippen LogP contribution in [0.2, 0.25) is 0 Å². The van der Waals surface area contributed by atoms with E-state index in [9.17, 15) is 35.9 Å². The topological polar surface area (TPSA) is 97.4 Å². The Labute approximate surface area is 391 Å². The number of rotatable bonds is 26. The van der Waals surface area contributed by atoms with Crippen molar-refractivity contribution in [2.75, 3.05) is 32.1 Å². The van der Waals surface area contributed by atoms with Crippen molar-refractivity contribution in [3.05, 3.63) is 101 Å². The first-order valence-electron chi connectivity index (χ1n) is 23.9. The average molecular weight is 966 g/mol. The summed E-state index contributed by atoms with van der Waals surface area (Å²) in [6.45, 7) is 3.11. The zero-order chi connectivity index (χ0) is 47.4. The molecule has 66 heavy (non-hydrogen) atoms. The number of hydrogen-bond donors (Lipinski definition) is 0. The van der Waals surface area contributed by atoms with Gasteiger partial charge in [-0.05, 0) is 130 Å². The number of alkyl halides is 5. The number of hydrogen-bond acceptors (Lipinski definition) is 8. The third kappa shape index (κ3) is 14.5. The van der Waals surface area contributed by atoms with E-state index in [4.69, 9.17) is 18.3 Å². The summed E-state index contributed by atoms with van der Waals surface area (Å²) in [6.07, 6.45) is 5.22. The normalized spacial score (nSPS) is 23.5. The lowest BCUT2D eigenvalue weighted by Gasteiger charge is -2.53. The Morgan fingerprint density at radius 1 is 0.818 bits per heavy atom. The molecule has 3 aliphatic carbocycles. The number of esters is 1. The second kappa shape index (κ2) is 24.0. The molecular formula is C51H69F5NO7PS. The largest absolute Gasteiger partial charge is 0.616 e. The zero-order valence-electron chi connectivity index (χ0n) is 38.8. The van der Waals surface area contributed by atoms with Crippen LogP contribution in [0.1, 0.15) is 131 Å². The van der Waals surface area contributed by atoms with Crippen LogP contribution in [0.3, 0.4) is 0 Å². The van der Waals surface area contributed by atoms with Crippen molar-refractivity contribution in [1.29, 1.82) is 0 Å². The highest BCUT2D eigenvalue weighted by Gasteiger charge is 2.58. The predicted molar refractivity (Wildman–Crippen MR) is 249 cm³/mol. The Kier molecular flexibility index (Phi) is 19.1. The number of nitrogens with zero attached hydrogens (tertiary/aromatic N) is 1. The number of halogens is 5. The van der Waals surface area contributed by atoms with E-state index in [1.165, 1.54) is 11.1 Å². The van der Waals surface area contributed by atoms with E-state index >= 15 is 0 Å². The number of phosphoric ester groups is 1. The van der Waals surface area contributed by atoms with E-state index in [2.05, 4.69) is 13.0 Å². The summed E-state index contributed by atoms with van der Waals surface area (Å²) in [5, 5.41) is 0. The Hall–Kier alpha value is -3.00. The Morgan fingerprint density at radius 3 is 2.05 bits per heavy atom. The summed E-state index contributed by atoms with van der Waals surface area (Å²) in [6, 6.07) is 25.1. The Morgan fingerprint density at radius 2 is 1.42 bits per heavy atom. The predicted octanol–water partition coefficient (Wildman–Crippen LogP) is 13.4. The average Bonchev–Trinajstić information content (AvgIpc) is 3.61. The molecular weight excluding hydrogens is 897 g/mol. The molecule has 2 saturated carbocycles. The first kappa shape index (κ1) is 52.4. The minimum absolute atomic E-state index is 0.0550. The standard InChI is InChI=1S/C51H69F5NO7PS/c1-49-30-27-44-43-24-23-42(64-65(59,61-36-38-18-11-9-12-19-38)62-37-39-20-13-10-14-21-39)35-41(43)34-40(48(44)45(49)25-26-46(49)63-47(58)28-31-57(2)3)22-15-7-5-4-6-8-16-32-66(60)33-17-29-50(52,53)51(54,55)56/h9-14,18-21,23-24,35,40,44-46,48H,4-8,15-17,22,25-34,36-37H2,1-3H3. The second-order valence-electron chi connectivity index (χ2n) is 19.2. The second-order valence-corrected chi connectivity index (χ2v) is 22.5. The molecule has 0 saturated heterocycles. The van der Waals surface area contributed by atoms with Gasteiger partial charge in [0.25, 0.3) is 0 Å². The van der Waals surface area contributed by atoms with Gasteiger partial charge >= 0.3 is 25.9 Å². The first-order chi connectivity index (χ1) is 31.5. The molecule has 3 aromatic rings. The maximum atomic E-state index is 14.4. The monoisotopic (exact) mass is 965 g/mol. The maximum absolute atomic E-state index is 14.4. The van der Waals surface area contributed by atoms with Crippen molar-refractivity contribution in [1.82, 2.24) is 4.90 Å². The minimum Gasteiger partial charge on any atom is -0.616 e. The number of carbonyl (C=O) groups excluding carboxylic acids is 1. The summed E-state index contributed by atoms with van der Waals surface area (Å²) in [5.74, 6) is -2.74. The fourth-order valence-electron chi connectivity index (χ4n) is 10.7. The lowest BCUT2D eigenvalue weighted by Crippen LogP contribution is -2.48. The van der Waals surface area contributed by atoms with Crippen molar-refractivity contribution in [3.63, 3.8) is 0 Å². The van der Waals surface area contributed by atoms with Gasteiger partial charge in [-0.2, -0.15) is 22.0 Å². The van der Waals surface area contributed by atoms with Crippen molar-refractivity contribution in [3.8, 4) is 5.75 Å². The highest BCUT2D eigenvalue weighted by Crippen LogP contribution is 2.64. The van der Waals surface area contributed by atoms with Crippen LogP contribution in [0, 0.1) is 23.2 Å². The number of unbranched alkanes of at least 4 members (excludes halogenated alkanes) is 6. The zero-order valence-corrected chi connectivity index (χ0v) is 40.5. The summed E-state index contributed by atoms with van der Waals surface area (Å²) in [5.41, 5.74) is 4.08. The molecule has 7 unspecified atom stereocenters. The maximum Gasteiger partial charge on any atom is 0.530 e. The lowest BCUT2D eigenvalue weighted by molar-refractivity contribution is -0.284. The number of fused-ring (bicyclic) bond motifs is 5. The number of phosphoric acid groups is 1. The van der Waals surface area contributed by atoms with Gasteiger partial charge in [-0.1, -0.05) is 117 Å². The Bertz CT molecular complexity index is 1970. The van der Waals surface area contributed by atoms with Crippen LogP contribution in [-0.4, -0.2) is 65.8 Å². The van der Waals surface area contributed by atoms with E-state index in [1.807, 2.05) is 91.8 Å². The summed E-state index contributed by atoms with van der Waals surface area (Å²) in [7, 11) is -0.167. The van der Waals surface area contributed by atoms with Gasteiger partial charge in [0.2, 0.25) is 0 Å². The van der Waals surface area contributed by atoms with E-state index in [0.29, 0.717) is 54.6 Å². The van der Waals surface area contributed by atoms with E-state index in [1.54, 1.807) is 0 Å². The summed E-state index contributed by atoms with van der Waals surface area (Å²) < 4.78 is 115. The highest BCUT2D eigenvalue weighted by molar-refractivity contribution is 7.91. The molecule has 0 bridgehead atoms. The van der Waals surface area contributed by atoms with Crippen molar-refractivity contribution in [2.45, 2.75) is 147 Å². The van der Waals surface area contributed by atoms with Gasteiger partial charge in [0, 0.05) is 18.4 Å². The third-order valence-corrected chi connectivity index (χ3v) is 17.0. The third-order valence-electron chi connectivity index (χ3n) is 14.2. The number of ether oxygens (including phenoxy) is 1. The molecule has 7 atom stereocenters. The summed E-state index contributed by atoms with van der Waals surface area (Å²) in [4.78, 5) is 15.0. The molecule has 0 amide bonds. The van der Waals surface area contributed by atoms with Gasteiger partial charge in [0.1, 0.15) is 23.4 Å². The molecule has 0 N–H and O–H groups in total. The molecule has 6 rings (SSSR count). The fourth-order valence-corrected chi connectivity index (χ4v) is 13.1. The van der Waals surface area contributed by atoms with E-state index in [-0.39, 0.29) is 36.5 Å². The van der Waals surface area contributed by atoms with Gasteiger partial charge in [0.05, 0.1) is 19.6 Å². The van der Waals surface area contributed by atoms with Crippen LogP contribution in [-0.2, 0) is 54.0 Å². The molecule has 0 radical (unpaired) electrons. The Balaban J connectivity index is 1.09. The first-order valence-corrected chi connectivity index (χ1v) is 26.8. The SMILES string of the molecule is CN(C)CCC(=O)OC1CCC2C3C(CCCCCCCCC[S+]([O-])CCCC(F)(F)C(F)(F)F)Cc4cc(OP(=O)(OCc5ccccc5)OCc5ccccc5)ccc4C3CCC12C. The smallest absolute Gasteiger partial charge is 0.530 e.